The number of rotatable bonds is 5. The van der Waals surface area contributed by atoms with Crippen LogP contribution in [0.5, 0.6) is 0 Å². The summed E-state index contributed by atoms with van der Waals surface area (Å²) in [4.78, 5) is 27.1. The van der Waals surface area contributed by atoms with Crippen molar-refractivity contribution in [2.45, 2.75) is 27.3 Å². The van der Waals surface area contributed by atoms with Crippen LogP contribution < -0.4 is 10.2 Å². The van der Waals surface area contributed by atoms with Crippen LogP contribution >= 0.6 is 15.9 Å². The van der Waals surface area contributed by atoms with Gasteiger partial charge in [-0.3, -0.25) is 9.59 Å². The van der Waals surface area contributed by atoms with Gasteiger partial charge in [0.15, 0.2) is 0 Å². The summed E-state index contributed by atoms with van der Waals surface area (Å²) >= 11 is 3.42. The Morgan fingerprint density at radius 2 is 1.66 bits per heavy atom. The van der Waals surface area contributed by atoms with Gasteiger partial charge in [0.1, 0.15) is 0 Å². The molecule has 3 rings (SSSR count). The molecule has 148 valence electrons. The lowest BCUT2D eigenvalue weighted by molar-refractivity contribution is -0.116. The van der Waals surface area contributed by atoms with Crippen molar-refractivity contribution in [2.24, 2.45) is 0 Å². The molecule has 0 aromatic heterocycles. The number of hydrogen-bond donors (Lipinski definition) is 1. The molecule has 2 amide bonds. The third-order valence-electron chi connectivity index (χ3n) is 4.70. The Hall–Kier alpha value is -2.92. The minimum atomic E-state index is -0.241. The first-order chi connectivity index (χ1) is 13.8. The number of benzene rings is 3. The van der Waals surface area contributed by atoms with Gasteiger partial charge in [-0.1, -0.05) is 57.9 Å². The fourth-order valence-corrected chi connectivity index (χ4v) is 3.45. The Labute approximate surface area is 179 Å². The predicted molar refractivity (Wildman–Crippen MR) is 121 cm³/mol. The average Bonchev–Trinajstić information content (AvgIpc) is 2.69. The first-order valence-electron chi connectivity index (χ1n) is 9.35. The minimum absolute atomic E-state index is 0.125. The van der Waals surface area contributed by atoms with Crippen LogP contribution in [-0.4, -0.2) is 11.8 Å². The summed E-state index contributed by atoms with van der Waals surface area (Å²) < 4.78 is 0.976. The van der Waals surface area contributed by atoms with Crippen LogP contribution in [-0.2, 0) is 11.3 Å². The van der Waals surface area contributed by atoms with E-state index in [0.29, 0.717) is 17.8 Å². The molecule has 29 heavy (non-hydrogen) atoms. The van der Waals surface area contributed by atoms with Crippen LogP contribution in [0.2, 0.25) is 0 Å². The maximum absolute atomic E-state index is 13.0. The summed E-state index contributed by atoms with van der Waals surface area (Å²) in [5, 5.41) is 2.98. The molecular weight excluding hydrogens is 428 g/mol. The van der Waals surface area contributed by atoms with Gasteiger partial charge >= 0.3 is 0 Å². The molecule has 0 aliphatic heterocycles. The van der Waals surface area contributed by atoms with Gasteiger partial charge in [0.05, 0.1) is 17.8 Å². The number of anilines is 2. The highest BCUT2D eigenvalue weighted by Gasteiger charge is 2.20. The fourth-order valence-electron chi connectivity index (χ4n) is 3.18. The van der Waals surface area contributed by atoms with E-state index in [1.807, 2.05) is 62.4 Å². The van der Waals surface area contributed by atoms with Gasteiger partial charge in [-0.2, -0.15) is 0 Å². The lowest BCUT2D eigenvalue weighted by Gasteiger charge is -2.24. The van der Waals surface area contributed by atoms with Crippen molar-refractivity contribution in [2.75, 3.05) is 10.2 Å². The van der Waals surface area contributed by atoms with E-state index in [4.69, 9.17) is 0 Å². The Morgan fingerprint density at radius 1 is 0.966 bits per heavy atom. The van der Waals surface area contributed by atoms with E-state index in [2.05, 4.69) is 21.2 Å². The maximum Gasteiger partial charge on any atom is 0.257 e. The van der Waals surface area contributed by atoms with Gasteiger partial charge in [0.25, 0.3) is 5.91 Å². The number of hydrogen-bond acceptors (Lipinski definition) is 2. The molecule has 0 aliphatic rings. The van der Waals surface area contributed by atoms with Gasteiger partial charge in [-0.05, 0) is 55.3 Å². The van der Waals surface area contributed by atoms with Crippen molar-refractivity contribution in [3.05, 3.63) is 93.5 Å². The molecule has 0 heterocycles. The summed E-state index contributed by atoms with van der Waals surface area (Å²) in [7, 11) is 0. The molecule has 1 N–H and O–H groups in total. The van der Waals surface area contributed by atoms with E-state index in [1.54, 1.807) is 23.1 Å². The molecule has 3 aromatic rings. The molecule has 0 saturated carbocycles. The van der Waals surface area contributed by atoms with E-state index < -0.39 is 0 Å². The predicted octanol–water partition coefficient (Wildman–Crippen LogP) is 5.87. The number of carbonyl (C=O) groups excluding carboxylic acids is 2. The number of halogens is 1. The number of aryl methyl sites for hydroxylation is 2. The van der Waals surface area contributed by atoms with Crippen LogP contribution in [0.25, 0.3) is 0 Å². The summed E-state index contributed by atoms with van der Waals surface area (Å²) in [6.45, 7) is 5.87. The Bertz CT molecular complexity index is 1050. The topological polar surface area (TPSA) is 49.4 Å². The van der Waals surface area contributed by atoms with E-state index in [1.165, 1.54) is 6.92 Å². The van der Waals surface area contributed by atoms with E-state index in [0.717, 1.165) is 26.9 Å². The smallest absolute Gasteiger partial charge is 0.257 e. The zero-order chi connectivity index (χ0) is 21.0. The summed E-state index contributed by atoms with van der Waals surface area (Å²) in [5.41, 5.74) is 4.92. The van der Waals surface area contributed by atoms with E-state index in [9.17, 15) is 9.59 Å². The van der Waals surface area contributed by atoms with Crippen LogP contribution in [0.3, 0.4) is 0 Å². The Morgan fingerprint density at radius 3 is 2.31 bits per heavy atom. The fraction of sp³-hybridized carbons (Fsp3) is 0.167. The monoisotopic (exact) mass is 450 g/mol. The van der Waals surface area contributed by atoms with Gasteiger partial charge in [-0.15, -0.1) is 0 Å². The van der Waals surface area contributed by atoms with Crippen molar-refractivity contribution in [3.8, 4) is 0 Å². The molecule has 0 fully saturated rings. The number of para-hydroxylation sites is 1. The van der Waals surface area contributed by atoms with Crippen LogP contribution in [0.4, 0.5) is 11.4 Å². The normalized spacial score (nSPS) is 10.5. The zero-order valence-electron chi connectivity index (χ0n) is 16.7. The highest BCUT2D eigenvalue weighted by molar-refractivity contribution is 9.10. The lowest BCUT2D eigenvalue weighted by atomic mass is 10.1. The van der Waals surface area contributed by atoms with Gasteiger partial charge in [0, 0.05) is 17.1 Å². The van der Waals surface area contributed by atoms with Crippen molar-refractivity contribution < 1.29 is 9.59 Å². The van der Waals surface area contributed by atoms with Crippen molar-refractivity contribution >= 4 is 39.1 Å². The molecule has 4 nitrogen and oxygen atoms in total. The van der Waals surface area contributed by atoms with E-state index >= 15 is 0 Å². The Kier molecular flexibility index (Phi) is 6.49. The van der Waals surface area contributed by atoms with Gasteiger partial charge in [-0.25, -0.2) is 0 Å². The molecule has 0 spiro atoms. The molecular formula is C24H23BrN2O2. The summed E-state index contributed by atoms with van der Waals surface area (Å²) in [6, 6.07) is 20.9. The summed E-state index contributed by atoms with van der Waals surface area (Å²) in [6.07, 6.45) is 0. The summed E-state index contributed by atoms with van der Waals surface area (Å²) in [5.74, 6) is -0.366. The average molecular weight is 451 g/mol. The van der Waals surface area contributed by atoms with Crippen LogP contribution in [0.1, 0.15) is 34.0 Å². The molecule has 0 aliphatic carbocycles. The van der Waals surface area contributed by atoms with Crippen molar-refractivity contribution in [3.63, 3.8) is 0 Å². The SMILES string of the molecule is CC(=O)N(Cc1ccc(Br)cc1)c1ccccc1C(=O)Nc1ccc(C)cc1C. The second kappa shape index (κ2) is 9.05. The van der Waals surface area contributed by atoms with Gasteiger partial charge in [0.2, 0.25) is 5.91 Å². The largest absolute Gasteiger partial charge is 0.322 e. The lowest BCUT2D eigenvalue weighted by Crippen LogP contribution is -2.30. The molecule has 0 unspecified atom stereocenters. The third-order valence-corrected chi connectivity index (χ3v) is 5.23. The highest BCUT2D eigenvalue weighted by Crippen LogP contribution is 2.25. The number of carbonyl (C=O) groups is 2. The maximum atomic E-state index is 13.0. The molecule has 0 atom stereocenters. The number of nitrogens with zero attached hydrogens (tertiary/aromatic N) is 1. The van der Waals surface area contributed by atoms with E-state index in [-0.39, 0.29) is 11.8 Å². The second-order valence-corrected chi connectivity index (χ2v) is 7.94. The zero-order valence-corrected chi connectivity index (χ0v) is 18.3. The number of nitrogens with one attached hydrogen (secondary N) is 1. The van der Waals surface area contributed by atoms with Crippen LogP contribution in [0, 0.1) is 13.8 Å². The van der Waals surface area contributed by atoms with Crippen LogP contribution in [0.15, 0.2) is 71.2 Å². The van der Waals surface area contributed by atoms with Gasteiger partial charge < -0.3 is 10.2 Å². The molecule has 0 radical (unpaired) electrons. The molecule has 0 saturated heterocycles. The van der Waals surface area contributed by atoms with Crippen molar-refractivity contribution in [1.29, 1.82) is 0 Å². The highest BCUT2D eigenvalue weighted by atomic mass is 79.9. The second-order valence-electron chi connectivity index (χ2n) is 7.02. The minimum Gasteiger partial charge on any atom is -0.322 e. The van der Waals surface area contributed by atoms with Crippen molar-refractivity contribution in [1.82, 2.24) is 0 Å². The first-order valence-corrected chi connectivity index (χ1v) is 10.1. The standard InChI is InChI=1S/C24H23BrN2O2/c1-16-8-13-22(17(2)14-16)26-24(29)21-6-4-5-7-23(21)27(18(3)28)15-19-9-11-20(25)12-10-19/h4-14H,15H2,1-3H3,(H,26,29). The molecule has 0 bridgehead atoms. The first kappa shape index (κ1) is 20.8. The molecule has 3 aromatic carbocycles. The quantitative estimate of drug-likeness (QED) is 0.528. The Balaban J connectivity index is 1.91. The third kappa shape index (κ3) is 5.12. The molecule has 5 heteroatoms. The number of amides is 2.